The maximum atomic E-state index is 12.6. The van der Waals surface area contributed by atoms with Gasteiger partial charge in [0, 0.05) is 23.4 Å². The number of aromatic nitrogens is 2. The number of hydrogen-bond donors (Lipinski definition) is 4. The van der Waals surface area contributed by atoms with Crippen LogP contribution in [0.3, 0.4) is 0 Å². The number of rotatable bonds is 7. The third-order valence-corrected chi connectivity index (χ3v) is 4.04. The van der Waals surface area contributed by atoms with Crippen LogP contribution in [-0.2, 0) is 0 Å². The Labute approximate surface area is 156 Å². The number of hydrogen-bond acceptors (Lipinski definition) is 5. The van der Waals surface area contributed by atoms with Crippen molar-refractivity contribution in [3.05, 3.63) is 59.5 Å². The summed E-state index contributed by atoms with van der Waals surface area (Å²) in [5.41, 5.74) is 7.98. The van der Waals surface area contributed by atoms with E-state index in [1.54, 1.807) is 49.6 Å². The largest absolute Gasteiger partial charge is 0.463 e. The second kappa shape index (κ2) is 8.33. The number of benzene rings is 1. The highest BCUT2D eigenvalue weighted by Gasteiger charge is 2.19. The van der Waals surface area contributed by atoms with Crippen molar-refractivity contribution < 1.29 is 14.0 Å². The van der Waals surface area contributed by atoms with Crippen LogP contribution in [0.5, 0.6) is 0 Å². The van der Waals surface area contributed by atoms with Crippen LogP contribution < -0.4 is 16.4 Å². The summed E-state index contributed by atoms with van der Waals surface area (Å²) in [6.45, 7) is 2.81. The Hall–Kier alpha value is -3.39. The van der Waals surface area contributed by atoms with Gasteiger partial charge in [-0.05, 0) is 50.2 Å². The molecule has 0 atom stereocenters. The molecule has 1 aromatic carbocycles. The average molecular weight is 367 g/mol. The number of nitrogens with one attached hydrogen (secondary N) is 3. The van der Waals surface area contributed by atoms with E-state index in [1.165, 1.54) is 0 Å². The van der Waals surface area contributed by atoms with Gasteiger partial charge < -0.3 is 20.8 Å². The SMILES string of the molecule is Cc1c(C(=O)Nc2cccc(C(=O)NCCCN)c2)n[nH]c1-c1ccco1. The highest BCUT2D eigenvalue weighted by atomic mass is 16.3. The number of H-pyrrole nitrogens is 1. The lowest BCUT2D eigenvalue weighted by molar-refractivity contribution is 0.0952. The van der Waals surface area contributed by atoms with Crippen molar-refractivity contribution in [1.82, 2.24) is 15.5 Å². The molecule has 140 valence electrons. The van der Waals surface area contributed by atoms with Crippen molar-refractivity contribution in [3.8, 4) is 11.5 Å². The summed E-state index contributed by atoms with van der Waals surface area (Å²) in [6.07, 6.45) is 2.26. The molecule has 0 aliphatic heterocycles. The summed E-state index contributed by atoms with van der Waals surface area (Å²) >= 11 is 0. The van der Waals surface area contributed by atoms with Crippen molar-refractivity contribution in [2.24, 2.45) is 5.73 Å². The van der Waals surface area contributed by atoms with Gasteiger partial charge in [-0.25, -0.2) is 0 Å². The first kappa shape index (κ1) is 18.4. The molecule has 5 N–H and O–H groups in total. The van der Waals surface area contributed by atoms with Crippen molar-refractivity contribution in [2.45, 2.75) is 13.3 Å². The van der Waals surface area contributed by atoms with Crippen LogP contribution in [0.15, 0.2) is 47.1 Å². The van der Waals surface area contributed by atoms with Crippen LogP contribution in [0.4, 0.5) is 5.69 Å². The molecule has 0 saturated heterocycles. The Morgan fingerprint density at radius 1 is 1.22 bits per heavy atom. The Kier molecular flexibility index (Phi) is 5.68. The minimum Gasteiger partial charge on any atom is -0.463 e. The third-order valence-electron chi connectivity index (χ3n) is 4.04. The quantitative estimate of drug-likeness (QED) is 0.477. The maximum absolute atomic E-state index is 12.6. The fourth-order valence-corrected chi connectivity index (χ4v) is 2.61. The molecule has 0 unspecified atom stereocenters. The minimum atomic E-state index is -0.373. The van der Waals surface area contributed by atoms with E-state index in [4.69, 9.17) is 10.2 Å². The van der Waals surface area contributed by atoms with Gasteiger partial charge in [-0.3, -0.25) is 14.7 Å². The molecule has 0 saturated carbocycles. The zero-order valence-electron chi connectivity index (χ0n) is 14.9. The third kappa shape index (κ3) is 4.24. The molecule has 8 nitrogen and oxygen atoms in total. The lowest BCUT2D eigenvalue weighted by Gasteiger charge is -2.08. The van der Waals surface area contributed by atoms with Crippen LogP contribution in [0, 0.1) is 6.92 Å². The fraction of sp³-hybridized carbons (Fsp3) is 0.211. The van der Waals surface area contributed by atoms with E-state index in [2.05, 4.69) is 20.8 Å². The molecule has 0 aliphatic rings. The van der Waals surface area contributed by atoms with Crippen LogP contribution in [0.1, 0.15) is 32.8 Å². The molecular formula is C19H21N5O3. The highest BCUT2D eigenvalue weighted by Crippen LogP contribution is 2.24. The predicted octanol–water partition coefficient (Wildman–Crippen LogP) is 2.31. The van der Waals surface area contributed by atoms with E-state index in [0.29, 0.717) is 47.8 Å². The van der Waals surface area contributed by atoms with E-state index >= 15 is 0 Å². The summed E-state index contributed by atoms with van der Waals surface area (Å²) in [7, 11) is 0. The topological polar surface area (TPSA) is 126 Å². The molecule has 8 heteroatoms. The smallest absolute Gasteiger partial charge is 0.276 e. The van der Waals surface area contributed by atoms with Crippen molar-refractivity contribution in [3.63, 3.8) is 0 Å². The van der Waals surface area contributed by atoms with Gasteiger partial charge in [0.25, 0.3) is 11.8 Å². The molecule has 0 radical (unpaired) electrons. The number of anilines is 1. The lowest BCUT2D eigenvalue weighted by atomic mass is 10.1. The number of carbonyl (C=O) groups excluding carboxylic acids is 2. The van der Waals surface area contributed by atoms with E-state index in [9.17, 15) is 9.59 Å². The second-order valence-corrected chi connectivity index (χ2v) is 5.98. The predicted molar refractivity (Wildman–Crippen MR) is 101 cm³/mol. The molecule has 3 aromatic rings. The number of carbonyl (C=O) groups is 2. The van der Waals surface area contributed by atoms with E-state index < -0.39 is 0 Å². The Morgan fingerprint density at radius 2 is 2.07 bits per heavy atom. The van der Waals surface area contributed by atoms with Gasteiger partial charge >= 0.3 is 0 Å². The van der Waals surface area contributed by atoms with E-state index in [1.807, 2.05) is 0 Å². The molecule has 2 amide bonds. The molecular weight excluding hydrogens is 346 g/mol. The minimum absolute atomic E-state index is 0.212. The molecule has 0 fully saturated rings. The number of nitrogens with zero attached hydrogens (tertiary/aromatic N) is 1. The zero-order valence-corrected chi connectivity index (χ0v) is 14.9. The molecule has 0 bridgehead atoms. The van der Waals surface area contributed by atoms with Crippen LogP contribution in [0.2, 0.25) is 0 Å². The van der Waals surface area contributed by atoms with Crippen molar-refractivity contribution in [1.29, 1.82) is 0 Å². The monoisotopic (exact) mass is 367 g/mol. The zero-order chi connectivity index (χ0) is 19.2. The van der Waals surface area contributed by atoms with Crippen molar-refractivity contribution >= 4 is 17.5 Å². The van der Waals surface area contributed by atoms with Gasteiger partial charge in [-0.1, -0.05) is 6.07 Å². The number of amides is 2. The van der Waals surface area contributed by atoms with Crippen molar-refractivity contribution in [2.75, 3.05) is 18.4 Å². The van der Waals surface area contributed by atoms with Gasteiger partial charge in [0.15, 0.2) is 11.5 Å². The maximum Gasteiger partial charge on any atom is 0.276 e. The summed E-state index contributed by atoms with van der Waals surface area (Å²) in [4.78, 5) is 24.7. The Balaban J connectivity index is 1.71. The molecule has 0 aliphatic carbocycles. The van der Waals surface area contributed by atoms with Crippen LogP contribution in [0.25, 0.3) is 11.5 Å². The normalized spacial score (nSPS) is 10.6. The average Bonchev–Trinajstić information content (AvgIpc) is 3.31. The Morgan fingerprint density at radius 3 is 2.81 bits per heavy atom. The fourth-order valence-electron chi connectivity index (χ4n) is 2.61. The first-order valence-electron chi connectivity index (χ1n) is 8.58. The number of furan rings is 1. The molecule has 2 heterocycles. The van der Waals surface area contributed by atoms with Gasteiger partial charge in [-0.15, -0.1) is 0 Å². The number of aromatic amines is 1. The lowest BCUT2D eigenvalue weighted by Crippen LogP contribution is -2.26. The first-order valence-corrected chi connectivity index (χ1v) is 8.58. The second-order valence-electron chi connectivity index (χ2n) is 5.98. The highest BCUT2D eigenvalue weighted by molar-refractivity contribution is 6.05. The van der Waals surface area contributed by atoms with Gasteiger partial charge in [0.2, 0.25) is 0 Å². The molecule has 27 heavy (non-hydrogen) atoms. The Bertz CT molecular complexity index is 931. The summed E-state index contributed by atoms with van der Waals surface area (Å²) in [6, 6.07) is 10.3. The van der Waals surface area contributed by atoms with Gasteiger partial charge in [0.1, 0.15) is 5.69 Å². The van der Waals surface area contributed by atoms with Gasteiger partial charge in [-0.2, -0.15) is 5.10 Å². The molecule has 0 spiro atoms. The standard InChI is InChI=1S/C19H21N5O3/c1-12-16(15-7-3-10-27-15)23-24-17(12)19(26)22-14-6-2-5-13(11-14)18(25)21-9-4-8-20/h2-3,5-7,10-11H,4,8-9,20H2,1H3,(H,21,25)(H,22,26)(H,23,24). The van der Waals surface area contributed by atoms with E-state index in [-0.39, 0.29) is 17.5 Å². The molecule has 2 aromatic heterocycles. The number of nitrogens with two attached hydrogens (primary N) is 1. The van der Waals surface area contributed by atoms with E-state index in [0.717, 1.165) is 0 Å². The van der Waals surface area contributed by atoms with Crippen LogP contribution >= 0.6 is 0 Å². The summed E-state index contributed by atoms with van der Waals surface area (Å²) in [5, 5.41) is 12.5. The first-order chi connectivity index (χ1) is 13.1. The van der Waals surface area contributed by atoms with Crippen LogP contribution in [-0.4, -0.2) is 35.1 Å². The molecule has 3 rings (SSSR count). The summed E-state index contributed by atoms with van der Waals surface area (Å²) in [5.74, 6) is 0.0213. The van der Waals surface area contributed by atoms with Gasteiger partial charge in [0.05, 0.1) is 6.26 Å². The summed E-state index contributed by atoms with van der Waals surface area (Å²) < 4.78 is 5.34.